The topological polar surface area (TPSA) is 86.8 Å². The number of carbonyl (C=O) groups is 2. The molecule has 2 aromatic carbocycles. The molecule has 0 spiro atoms. The fourth-order valence-electron chi connectivity index (χ4n) is 3.67. The molecular formula is C25H33Cl2N3O4S. The van der Waals surface area contributed by atoms with Gasteiger partial charge in [-0.1, -0.05) is 73.8 Å². The van der Waals surface area contributed by atoms with Crippen molar-refractivity contribution >= 4 is 50.7 Å². The highest BCUT2D eigenvalue weighted by Crippen LogP contribution is 2.30. The Morgan fingerprint density at radius 3 is 2.34 bits per heavy atom. The van der Waals surface area contributed by atoms with Crippen LogP contribution in [0.15, 0.2) is 48.5 Å². The summed E-state index contributed by atoms with van der Waals surface area (Å²) in [6.45, 7) is 4.12. The first-order valence-electron chi connectivity index (χ1n) is 11.6. The summed E-state index contributed by atoms with van der Waals surface area (Å²) in [5, 5.41) is 3.33. The van der Waals surface area contributed by atoms with Crippen molar-refractivity contribution in [3.8, 4) is 0 Å². The zero-order valence-electron chi connectivity index (χ0n) is 20.3. The Hall–Kier alpha value is -2.29. The second-order valence-corrected chi connectivity index (χ2v) is 11.0. The van der Waals surface area contributed by atoms with Crippen LogP contribution in [0.4, 0.5) is 5.69 Å². The second kappa shape index (κ2) is 13.7. The van der Waals surface area contributed by atoms with Gasteiger partial charge >= 0.3 is 0 Å². The van der Waals surface area contributed by atoms with Gasteiger partial charge in [0.2, 0.25) is 21.8 Å². The largest absolute Gasteiger partial charge is 0.354 e. The molecule has 7 nitrogen and oxygen atoms in total. The highest BCUT2D eigenvalue weighted by molar-refractivity contribution is 7.92. The SMILES string of the molecule is CCCCNC(=O)[C@H](CC)N(CCc1ccccc1)C(=O)CN(c1cc(Cl)ccc1Cl)S(C)(=O)=O. The van der Waals surface area contributed by atoms with Crippen molar-refractivity contribution in [2.45, 2.75) is 45.6 Å². The molecular weight excluding hydrogens is 509 g/mol. The van der Waals surface area contributed by atoms with Crippen LogP contribution >= 0.6 is 23.2 Å². The lowest BCUT2D eigenvalue weighted by molar-refractivity contribution is -0.139. The van der Waals surface area contributed by atoms with E-state index >= 15 is 0 Å². The van der Waals surface area contributed by atoms with Crippen molar-refractivity contribution in [3.63, 3.8) is 0 Å². The number of hydrogen-bond donors (Lipinski definition) is 1. The highest BCUT2D eigenvalue weighted by atomic mass is 35.5. The monoisotopic (exact) mass is 541 g/mol. The Kier molecular flexibility index (Phi) is 11.3. The van der Waals surface area contributed by atoms with Crippen LogP contribution in [-0.4, -0.2) is 57.1 Å². The van der Waals surface area contributed by atoms with Crippen molar-refractivity contribution in [3.05, 3.63) is 64.1 Å². The molecule has 10 heteroatoms. The van der Waals surface area contributed by atoms with Crippen molar-refractivity contribution < 1.29 is 18.0 Å². The number of unbranched alkanes of at least 4 members (excludes halogenated alkanes) is 1. The van der Waals surface area contributed by atoms with E-state index in [9.17, 15) is 18.0 Å². The van der Waals surface area contributed by atoms with Gasteiger partial charge in [-0.25, -0.2) is 8.42 Å². The number of rotatable bonds is 13. The van der Waals surface area contributed by atoms with Crippen molar-refractivity contribution in [1.29, 1.82) is 0 Å². The summed E-state index contributed by atoms with van der Waals surface area (Å²) in [6.07, 6.45) is 3.66. The average molecular weight is 543 g/mol. The first-order chi connectivity index (χ1) is 16.6. The molecule has 1 atom stereocenters. The summed E-state index contributed by atoms with van der Waals surface area (Å²) >= 11 is 12.3. The molecule has 35 heavy (non-hydrogen) atoms. The zero-order valence-corrected chi connectivity index (χ0v) is 22.7. The molecule has 0 heterocycles. The number of benzene rings is 2. The van der Waals surface area contributed by atoms with Gasteiger partial charge in [-0.3, -0.25) is 13.9 Å². The predicted octanol–water partition coefficient (Wildman–Crippen LogP) is 4.53. The summed E-state index contributed by atoms with van der Waals surface area (Å²) in [4.78, 5) is 28.0. The number of anilines is 1. The molecule has 0 aliphatic rings. The first kappa shape index (κ1) is 28.9. The summed E-state index contributed by atoms with van der Waals surface area (Å²) in [7, 11) is -3.88. The van der Waals surface area contributed by atoms with E-state index in [1.807, 2.05) is 44.2 Å². The molecule has 0 aliphatic carbocycles. The van der Waals surface area contributed by atoms with Crippen molar-refractivity contribution in [2.24, 2.45) is 0 Å². The molecule has 0 saturated heterocycles. The fraction of sp³-hybridized carbons (Fsp3) is 0.440. The fourth-order valence-corrected chi connectivity index (χ4v) is 4.96. The molecule has 2 rings (SSSR count). The van der Waals surface area contributed by atoms with Gasteiger partial charge in [-0.2, -0.15) is 0 Å². The van der Waals surface area contributed by atoms with E-state index < -0.39 is 28.5 Å². The highest BCUT2D eigenvalue weighted by Gasteiger charge is 2.32. The van der Waals surface area contributed by atoms with Gasteiger partial charge in [0.1, 0.15) is 12.6 Å². The van der Waals surface area contributed by atoms with Crippen LogP contribution in [0.1, 0.15) is 38.7 Å². The third kappa shape index (κ3) is 8.70. The van der Waals surface area contributed by atoms with E-state index in [2.05, 4.69) is 5.32 Å². The Morgan fingerprint density at radius 2 is 1.74 bits per heavy atom. The van der Waals surface area contributed by atoms with E-state index in [4.69, 9.17) is 23.2 Å². The number of sulfonamides is 1. The minimum Gasteiger partial charge on any atom is -0.354 e. The Labute approximate surface area is 218 Å². The minimum absolute atomic E-state index is 0.110. The Balaban J connectivity index is 2.37. The van der Waals surface area contributed by atoms with Crippen LogP contribution in [0, 0.1) is 0 Å². The maximum Gasteiger partial charge on any atom is 0.244 e. The van der Waals surface area contributed by atoms with Gasteiger partial charge < -0.3 is 10.2 Å². The number of amides is 2. The van der Waals surface area contributed by atoms with E-state index in [-0.39, 0.29) is 28.2 Å². The predicted molar refractivity (Wildman–Crippen MR) is 143 cm³/mol. The molecule has 0 bridgehead atoms. The number of nitrogens with zero attached hydrogens (tertiary/aromatic N) is 2. The van der Waals surface area contributed by atoms with Gasteiger partial charge in [0.25, 0.3) is 0 Å². The lowest BCUT2D eigenvalue weighted by Crippen LogP contribution is -2.53. The van der Waals surface area contributed by atoms with Crippen LogP contribution in [0.2, 0.25) is 10.0 Å². The van der Waals surface area contributed by atoms with Gasteiger partial charge in [0, 0.05) is 18.1 Å². The molecule has 0 aliphatic heterocycles. The van der Waals surface area contributed by atoms with Gasteiger partial charge in [-0.15, -0.1) is 0 Å². The normalized spacial score (nSPS) is 12.1. The standard InChI is InChI=1S/C25H33Cl2N3O4S/c1-4-6-15-28-25(32)22(5-2)29(16-14-19-10-8-7-9-11-19)24(31)18-30(35(3,33)34)23-17-20(26)12-13-21(23)27/h7-13,17,22H,4-6,14-16,18H2,1-3H3,(H,28,32)/t22-/m0/s1. The van der Waals surface area contributed by atoms with Crippen molar-refractivity contribution in [1.82, 2.24) is 10.2 Å². The molecule has 192 valence electrons. The van der Waals surface area contributed by atoms with Crippen LogP contribution in [0.3, 0.4) is 0 Å². The summed E-state index contributed by atoms with van der Waals surface area (Å²) in [6, 6.07) is 13.3. The summed E-state index contributed by atoms with van der Waals surface area (Å²) < 4.78 is 26.2. The van der Waals surface area contributed by atoms with Gasteiger partial charge in [0.05, 0.1) is 17.0 Å². The number of halogens is 2. The summed E-state index contributed by atoms with van der Waals surface area (Å²) in [5.41, 5.74) is 1.11. The maximum atomic E-state index is 13.6. The molecule has 0 fully saturated rings. The van der Waals surface area contributed by atoms with E-state index in [0.29, 0.717) is 19.4 Å². The Bertz CT molecular complexity index is 1100. The van der Waals surface area contributed by atoms with Crippen LogP contribution in [-0.2, 0) is 26.0 Å². The van der Waals surface area contributed by atoms with E-state index in [1.54, 1.807) is 0 Å². The van der Waals surface area contributed by atoms with Gasteiger partial charge in [-0.05, 0) is 43.0 Å². The minimum atomic E-state index is -3.88. The second-order valence-electron chi connectivity index (χ2n) is 8.26. The third-order valence-corrected chi connectivity index (χ3v) is 7.24. The summed E-state index contributed by atoms with van der Waals surface area (Å²) in [5.74, 6) is -0.756. The molecule has 0 saturated carbocycles. The smallest absolute Gasteiger partial charge is 0.244 e. The number of hydrogen-bond acceptors (Lipinski definition) is 4. The zero-order chi connectivity index (χ0) is 26.0. The molecule has 2 amide bonds. The molecule has 0 radical (unpaired) electrons. The maximum absolute atomic E-state index is 13.6. The molecule has 0 unspecified atom stereocenters. The molecule has 2 aromatic rings. The molecule has 0 aromatic heterocycles. The van der Waals surface area contributed by atoms with E-state index in [1.165, 1.54) is 23.1 Å². The van der Waals surface area contributed by atoms with Gasteiger partial charge in [0.15, 0.2) is 0 Å². The van der Waals surface area contributed by atoms with Crippen LogP contribution in [0.25, 0.3) is 0 Å². The van der Waals surface area contributed by atoms with Crippen LogP contribution in [0.5, 0.6) is 0 Å². The van der Waals surface area contributed by atoms with E-state index in [0.717, 1.165) is 29.0 Å². The third-order valence-electron chi connectivity index (χ3n) is 5.56. The Morgan fingerprint density at radius 1 is 1.06 bits per heavy atom. The average Bonchev–Trinajstić information content (AvgIpc) is 2.81. The van der Waals surface area contributed by atoms with Crippen LogP contribution < -0.4 is 9.62 Å². The number of carbonyl (C=O) groups excluding carboxylic acids is 2. The molecule has 1 N–H and O–H groups in total. The lowest BCUT2D eigenvalue weighted by Gasteiger charge is -2.33. The number of nitrogens with one attached hydrogen (secondary N) is 1. The first-order valence-corrected chi connectivity index (χ1v) is 14.2. The quantitative estimate of drug-likeness (QED) is 0.377. The van der Waals surface area contributed by atoms with Crippen molar-refractivity contribution in [2.75, 3.05) is 30.2 Å². The lowest BCUT2D eigenvalue weighted by atomic mass is 10.1.